The molecule has 1 aromatic rings. The summed E-state index contributed by atoms with van der Waals surface area (Å²) >= 11 is 0. The maximum atomic E-state index is 11.9. The zero-order chi connectivity index (χ0) is 14.7. The molecule has 0 unspecified atom stereocenters. The van der Waals surface area contributed by atoms with E-state index in [1.165, 1.54) is 17.0 Å². The van der Waals surface area contributed by atoms with Crippen molar-refractivity contribution in [3.8, 4) is 11.5 Å². The fourth-order valence-corrected chi connectivity index (χ4v) is 1.88. The van der Waals surface area contributed by atoms with E-state index in [0.29, 0.717) is 23.9 Å². The average molecular weight is 278 g/mol. The maximum absolute atomic E-state index is 11.9. The topological polar surface area (TPSA) is 78.9 Å². The van der Waals surface area contributed by atoms with Gasteiger partial charge in [0, 0.05) is 12.6 Å². The second kappa shape index (κ2) is 5.81. The summed E-state index contributed by atoms with van der Waals surface area (Å²) in [4.78, 5) is 25.1. The van der Waals surface area contributed by atoms with Gasteiger partial charge in [-0.2, -0.15) is 0 Å². The van der Waals surface area contributed by atoms with Crippen LogP contribution in [0, 0.1) is 5.92 Å². The van der Waals surface area contributed by atoms with Crippen molar-refractivity contribution in [3.63, 3.8) is 0 Å². The molecule has 0 radical (unpaired) electrons. The molecule has 0 fully saturated rings. The quantitative estimate of drug-likeness (QED) is 0.857. The number of nitrogens with one attached hydrogen (secondary N) is 1. The normalized spacial score (nSPS) is 13.9. The second-order valence-corrected chi connectivity index (χ2v) is 5.12. The Labute approximate surface area is 117 Å². The first-order valence-corrected chi connectivity index (χ1v) is 6.50. The van der Waals surface area contributed by atoms with E-state index in [0.717, 1.165) is 0 Å². The fraction of sp³-hybridized carbons (Fsp3) is 0.429. The van der Waals surface area contributed by atoms with Crippen molar-refractivity contribution >= 4 is 17.5 Å². The number of phenolic OH excluding ortho intramolecular Hbond substituents is 1. The van der Waals surface area contributed by atoms with Gasteiger partial charge in [0.25, 0.3) is 5.91 Å². The molecule has 2 N–H and O–H groups in total. The summed E-state index contributed by atoms with van der Waals surface area (Å²) in [6.07, 6.45) is 0. The van der Waals surface area contributed by atoms with Gasteiger partial charge in [-0.3, -0.25) is 14.5 Å². The number of amides is 2. The fourth-order valence-electron chi connectivity index (χ4n) is 1.88. The number of benzene rings is 1. The van der Waals surface area contributed by atoms with Gasteiger partial charge < -0.3 is 15.2 Å². The Kier molecular flexibility index (Phi) is 4.12. The summed E-state index contributed by atoms with van der Waals surface area (Å²) in [6, 6.07) is 4.48. The number of hydrogen-bond donors (Lipinski definition) is 2. The largest absolute Gasteiger partial charge is 0.508 e. The highest BCUT2D eigenvalue weighted by molar-refractivity contribution is 6.02. The van der Waals surface area contributed by atoms with E-state index >= 15 is 0 Å². The van der Waals surface area contributed by atoms with Crippen molar-refractivity contribution in [2.75, 3.05) is 24.6 Å². The Morgan fingerprint density at radius 3 is 2.95 bits per heavy atom. The first-order chi connectivity index (χ1) is 9.47. The summed E-state index contributed by atoms with van der Waals surface area (Å²) in [5, 5.41) is 12.3. The first kappa shape index (κ1) is 14.2. The van der Waals surface area contributed by atoms with Gasteiger partial charge >= 0.3 is 0 Å². The van der Waals surface area contributed by atoms with Crippen LogP contribution >= 0.6 is 0 Å². The zero-order valence-electron chi connectivity index (χ0n) is 11.5. The van der Waals surface area contributed by atoms with Crippen molar-refractivity contribution in [1.29, 1.82) is 0 Å². The minimum absolute atomic E-state index is 0.0228. The lowest BCUT2D eigenvalue weighted by molar-refractivity contribution is -0.125. The number of rotatable bonds is 4. The van der Waals surface area contributed by atoms with Gasteiger partial charge in [0.2, 0.25) is 5.91 Å². The van der Waals surface area contributed by atoms with Crippen molar-refractivity contribution in [3.05, 3.63) is 18.2 Å². The van der Waals surface area contributed by atoms with Gasteiger partial charge in [-0.1, -0.05) is 13.8 Å². The van der Waals surface area contributed by atoms with Crippen LogP contribution in [0.1, 0.15) is 13.8 Å². The number of nitrogens with zero attached hydrogens (tertiary/aromatic N) is 1. The van der Waals surface area contributed by atoms with E-state index < -0.39 is 0 Å². The molecule has 1 heterocycles. The van der Waals surface area contributed by atoms with Crippen LogP contribution in [-0.4, -0.2) is 36.6 Å². The van der Waals surface area contributed by atoms with E-state index in [4.69, 9.17) is 4.74 Å². The number of carbonyl (C=O) groups is 2. The second-order valence-electron chi connectivity index (χ2n) is 5.12. The number of fused-ring (bicyclic) bond motifs is 1. The molecule has 1 aromatic carbocycles. The Bertz CT molecular complexity index is 528. The number of anilines is 1. The molecule has 0 atom stereocenters. The van der Waals surface area contributed by atoms with Crippen LogP contribution in [0.25, 0.3) is 0 Å². The summed E-state index contributed by atoms with van der Waals surface area (Å²) in [7, 11) is 0. The smallest absolute Gasteiger partial charge is 0.265 e. The third kappa shape index (κ3) is 3.20. The van der Waals surface area contributed by atoms with Crippen molar-refractivity contribution in [2.24, 2.45) is 5.92 Å². The predicted octanol–water partition coefficient (Wildman–Crippen LogP) is 0.890. The summed E-state index contributed by atoms with van der Waals surface area (Å²) in [5.74, 6) is 0.315. The van der Waals surface area contributed by atoms with E-state index in [2.05, 4.69) is 5.32 Å². The molecule has 0 saturated carbocycles. The van der Waals surface area contributed by atoms with Gasteiger partial charge in [-0.15, -0.1) is 0 Å². The molecular formula is C14H18N2O4. The van der Waals surface area contributed by atoms with Crippen molar-refractivity contribution in [2.45, 2.75) is 13.8 Å². The lowest BCUT2D eigenvalue weighted by Crippen LogP contribution is -2.45. The molecule has 108 valence electrons. The number of carbonyl (C=O) groups excluding carboxylic acids is 2. The molecule has 0 bridgehead atoms. The Morgan fingerprint density at radius 1 is 1.50 bits per heavy atom. The molecule has 0 spiro atoms. The van der Waals surface area contributed by atoms with Gasteiger partial charge in [-0.25, -0.2) is 0 Å². The van der Waals surface area contributed by atoms with Crippen LogP contribution < -0.4 is 15.0 Å². The molecule has 0 aliphatic carbocycles. The van der Waals surface area contributed by atoms with E-state index in [9.17, 15) is 14.7 Å². The Morgan fingerprint density at radius 2 is 2.25 bits per heavy atom. The maximum Gasteiger partial charge on any atom is 0.265 e. The number of phenols is 1. The molecule has 6 nitrogen and oxygen atoms in total. The van der Waals surface area contributed by atoms with Crippen molar-refractivity contribution in [1.82, 2.24) is 5.32 Å². The van der Waals surface area contributed by atoms with Crippen molar-refractivity contribution < 1.29 is 19.4 Å². The lowest BCUT2D eigenvalue weighted by Gasteiger charge is -2.29. The van der Waals surface area contributed by atoms with Crippen LogP contribution in [0.3, 0.4) is 0 Å². The highest BCUT2D eigenvalue weighted by atomic mass is 16.5. The van der Waals surface area contributed by atoms with Gasteiger partial charge in [-0.05, 0) is 18.1 Å². The lowest BCUT2D eigenvalue weighted by atomic mass is 10.2. The third-order valence-corrected chi connectivity index (χ3v) is 2.89. The predicted molar refractivity (Wildman–Crippen MR) is 73.8 cm³/mol. The highest BCUT2D eigenvalue weighted by Gasteiger charge is 2.27. The Balaban J connectivity index is 2.13. The highest BCUT2D eigenvalue weighted by Crippen LogP contribution is 2.34. The van der Waals surface area contributed by atoms with Crippen LogP contribution in [-0.2, 0) is 9.59 Å². The minimum Gasteiger partial charge on any atom is -0.508 e. The van der Waals surface area contributed by atoms with Gasteiger partial charge in [0.1, 0.15) is 18.0 Å². The van der Waals surface area contributed by atoms with Crippen LogP contribution in [0.4, 0.5) is 5.69 Å². The van der Waals surface area contributed by atoms with Gasteiger partial charge in [0.05, 0.1) is 5.69 Å². The summed E-state index contributed by atoms with van der Waals surface area (Å²) in [5.41, 5.74) is 0.418. The molecule has 1 aliphatic heterocycles. The van der Waals surface area contributed by atoms with E-state index in [1.54, 1.807) is 6.07 Å². The molecule has 20 heavy (non-hydrogen) atoms. The summed E-state index contributed by atoms with van der Waals surface area (Å²) < 4.78 is 5.27. The van der Waals surface area contributed by atoms with Crippen LogP contribution in [0.2, 0.25) is 0 Å². The monoisotopic (exact) mass is 278 g/mol. The number of hydrogen-bond acceptors (Lipinski definition) is 4. The van der Waals surface area contributed by atoms with Crippen LogP contribution in [0.5, 0.6) is 11.5 Å². The standard InChI is InChI=1S/C14H18N2O4/c1-9(2)6-15-13(18)7-16-11-5-10(17)3-4-12(11)20-8-14(16)19/h3-5,9,17H,6-8H2,1-2H3,(H,15,18). The van der Waals surface area contributed by atoms with Gasteiger partial charge in [0.15, 0.2) is 6.61 Å². The SMILES string of the molecule is CC(C)CNC(=O)CN1C(=O)COc2ccc(O)cc21. The third-order valence-electron chi connectivity index (χ3n) is 2.89. The van der Waals surface area contributed by atoms with Crippen LogP contribution in [0.15, 0.2) is 18.2 Å². The summed E-state index contributed by atoms with van der Waals surface area (Å²) in [6.45, 7) is 4.37. The average Bonchev–Trinajstić information content (AvgIpc) is 2.40. The first-order valence-electron chi connectivity index (χ1n) is 6.50. The molecule has 2 rings (SSSR count). The molecular weight excluding hydrogens is 260 g/mol. The van der Waals surface area contributed by atoms with E-state index in [-0.39, 0.29) is 30.7 Å². The van der Waals surface area contributed by atoms with E-state index in [1.807, 2.05) is 13.8 Å². The molecule has 6 heteroatoms. The number of ether oxygens (including phenoxy) is 1. The molecule has 1 aliphatic rings. The number of aromatic hydroxyl groups is 1. The molecule has 0 saturated heterocycles. The zero-order valence-corrected chi connectivity index (χ0v) is 11.5. The minimum atomic E-state index is -0.303. The Hall–Kier alpha value is -2.24. The molecule has 2 amide bonds. The molecule has 0 aromatic heterocycles.